The number of para-hydroxylation sites is 1. The zero-order valence-electron chi connectivity index (χ0n) is 19.1. The number of esters is 1. The SMILES string of the molecule is CCOC(=O)Cn1c(=NC(=O)C2CCN(S(=O)(=O)c3ccc(C)cc3)CC2)sc2ccccc21. The third-order valence-corrected chi connectivity index (χ3v) is 8.82. The van der Waals surface area contributed by atoms with E-state index in [2.05, 4.69) is 4.99 Å². The van der Waals surface area contributed by atoms with Gasteiger partial charge in [-0.3, -0.25) is 9.59 Å². The first-order valence-electron chi connectivity index (χ1n) is 11.2. The van der Waals surface area contributed by atoms with Crippen LogP contribution in [0.15, 0.2) is 58.4 Å². The summed E-state index contributed by atoms with van der Waals surface area (Å²) in [4.78, 5) is 30.2. The predicted octanol–water partition coefficient (Wildman–Crippen LogP) is 3.10. The van der Waals surface area contributed by atoms with Crippen molar-refractivity contribution in [3.8, 4) is 0 Å². The van der Waals surface area contributed by atoms with Crippen LogP contribution in [-0.4, -0.2) is 48.9 Å². The van der Waals surface area contributed by atoms with Gasteiger partial charge in [0, 0.05) is 19.0 Å². The first kappa shape index (κ1) is 24.3. The fourth-order valence-electron chi connectivity index (χ4n) is 3.98. The number of sulfonamides is 1. The summed E-state index contributed by atoms with van der Waals surface area (Å²) in [6.07, 6.45) is 0.798. The zero-order chi connectivity index (χ0) is 24.3. The molecule has 180 valence electrons. The second-order valence-electron chi connectivity index (χ2n) is 8.18. The van der Waals surface area contributed by atoms with Crippen molar-refractivity contribution in [1.82, 2.24) is 8.87 Å². The Morgan fingerprint density at radius 2 is 1.76 bits per heavy atom. The predicted molar refractivity (Wildman–Crippen MR) is 130 cm³/mol. The molecule has 1 saturated heterocycles. The molecule has 0 aliphatic carbocycles. The summed E-state index contributed by atoms with van der Waals surface area (Å²) in [7, 11) is -3.59. The molecule has 0 unspecified atom stereocenters. The fourth-order valence-corrected chi connectivity index (χ4v) is 6.49. The van der Waals surface area contributed by atoms with E-state index >= 15 is 0 Å². The summed E-state index contributed by atoms with van der Waals surface area (Å²) >= 11 is 1.34. The number of hydrogen-bond acceptors (Lipinski definition) is 6. The Hall–Kier alpha value is -2.82. The van der Waals surface area contributed by atoms with Crippen molar-refractivity contribution >= 4 is 43.5 Å². The van der Waals surface area contributed by atoms with Crippen molar-refractivity contribution in [2.24, 2.45) is 10.9 Å². The van der Waals surface area contributed by atoms with Crippen molar-refractivity contribution in [1.29, 1.82) is 0 Å². The molecule has 0 radical (unpaired) electrons. The van der Waals surface area contributed by atoms with E-state index in [1.165, 1.54) is 15.6 Å². The van der Waals surface area contributed by atoms with Crippen LogP contribution in [0.2, 0.25) is 0 Å². The van der Waals surface area contributed by atoms with E-state index in [-0.39, 0.29) is 43.0 Å². The van der Waals surface area contributed by atoms with Crippen molar-refractivity contribution < 1.29 is 22.7 Å². The number of aromatic nitrogens is 1. The summed E-state index contributed by atoms with van der Waals surface area (Å²) in [5.41, 5.74) is 1.80. The molecular weight excluding hydrogens is 474 g/mol. The summed E-state index contributed by atoms with van der Waals surface area (Å²) in [5, 5.41) is 0. The maximum Gasteiger partial charge on any atom is 0.326 e. The summed E-state index contributed by atoms with van der Waals surface area (Å²) < 4.78 is 35.0. The maximum atomic E-state index is 13.0. The van der Waals surface area contributed by atoms with E-state index in [1.54, 1.807) is 35.8 Å². The van der Waals surface area contributed by atoms with Gasteiger partial charge in [-0.15, -0.1) is 0 Å². The second kappa shape index (κ2) is 10.2. The Morgan fingerprint density at radius 3 is 2.44 bits per heavy atom. The van der Waals surface area contributed by atoms with Gasteiger partial charge in [0.25, 0.3) is 5.91 Å². The fraction of sp³-hybridized carbons (Fsp3) is 0.375. The minimum Gasteiger partial charge on any atom is -0.465 e. The molecule has 34 heavy (non-hydrogen) atoms. The second-order valence-corrected chi connectivity index (χ2v) is 11.1. The first-order chi connectivity index (χ1) is 16.3. The minimum absolute atomic E-state index is 0.0306. The summed E-state index contributed by atoms with van der Waals surface area (Å²) in [6, 6.07) is 14.3. The largest absolute Gasteiger partial charge is 0.465 e. The van der Waals surface area contributed by atoms with Gasteiger partial charge in [0.15, 0.2) is 4.80 Å². The average molecular weight is 502 g/mol. The Kier molecular flexibility index (Phi) is 7.30. The first-order valence-corrected chi connectivity index (χ1v) is 13.4. The third kappa shape index (κ3) is 5.13. The quantitative estimate of drug-likeness (QED) is 0.484. The number of benzene rings is 2. The van der Waals surface area contributed by atoms with E-state index < -0.39 is 16.0 Å². The van der Waals surface area contributed by atoms with Crippen LogP contribution in [0.3, 0.4) is 0 Å². The number of carbonyl (C=O) groups excluding carboxylic acids is 2. The standard InChI is InChI=1S/C24H27N3O5S2/c1-3-32-22(28)16-27-20-6-4-5-7-21(20)33-24(27)25-23(29)18-12-14-26(15-13-18)34(30,31)19-10-8-17(2)9-11-19/h4-11,18H,3,12-16H2,1-2H3. The van der Waals surface area contributed by atoms with Gasteiger partial charge in [0.05, 0.1) is 21.7 Å². The Labute approximate surface area is 202 Å². The Balaban J connectivity index is 1.52. The molecule has 0 spiro atoms. The lowest BCUT2D eigenvalue weighted by molar-refractivity contribution is -0.143. The normalized spacial score (nSPS) is 16.1. The summed E-state index contributed by atoms with van der Waals surface area (Å²) in [6.45, 7) is 4.42. The smallest absolute Gasteiger partial charge is 0.326 e. The van der Waals surface area contributed by atoms with Gasteiger partial charge in [0.1, 0.15) is 6.54 Å². The highest BCUT2D eigenvalue weighted by molar-refractivity contribution is 7.89. The number of hydrogen-bond donors (Lipinski definition) is 0. The van der Waals surface area contributed by atoms with Gasteiger partial charge >= 0.3 is 5.97 Å². The molecule has 1 amide bonds. The molecule has 2 aromatic carbocycles. The topological polar surface area (TPSA) is 98.0 Å². The van der Waals surface area contributed by atoms with Crippen LogP contribution in [0, 0.1) is 12.8 Å². The molecule has 1 fully saturated rings. The van der Waals surface area contributed by atoms with E-state index in [0.717, 1.165) is 15.8 Å². The van der Waals surface area contributed by atoms with Gasteiger partial charge in [0.2, 0.25) is 10.0 Å². The van der Waals surface area contributed by atoms with Gasteiger partial charge < -0.3 is 9.30 Å². The molecule has 10 heteroatoms. The van der Waals surface area contributed by atoms with Crippen LogP contribution in [0.1, 0.15) is 25.3 Å². The summed E-state index contributed by atoms with van der Waals surface area (Å²) in [5.74, 6) is -1.06. The molecule has 8 nitrogen and oxygen atoms in total. The van der Waals surface area contributed by atoms with Gasteiger partial charge in [-0.25, -0.2) is 8.42 Å². The molecule has 0 atom stereocenters. The number of fused-ring (bicyclic) bond motifs is 1. The highest BCUT2D eigenvalue weighted by Gasteiger charge is 2.32. The number of rotatable bonds is 6. The van der Waals surface area contributed by atoms with Crippen molar-refractivity contribution in [2.75, 3.05) is 19.7 Å². The van der Waals surface area contributed by atoms with Crippen LogP contribution in [0.5, 0.6) is 0 Å². The van der Waals surface area contributed by atoms with Crippen molar-refractivity contribution in [3.63, 3.8) is 0 Å². The molecule has 1 aliphatic heterocycles. The van der Waals surface area contributed by atoms with Crippen LogP contribution in [0.25, 0.3) is 10.2 Å². The number of carbonyl (C=O) groups is 2. The molecule has 1 aliphatic rings. The lowest BCUT2D eigenvalue weighted by atomic mass is 9.98. The highest BCUT2D eigenvalue weighted by atomic mass is 32.2. The van der Waals surface area contributed by atoms with Crippen molar-refractivity contribution in [2.45, 2.75) is 38.1 Å². The number of piperidine rings is 1. The minimum atomic E-state index is -3.59. The van der Waals surface area contributed by atoms with Crippen LogP contribution in [-0.2, 0) is 30.9 Å². The highest BCUT2D eigenvalue weighted by Crippen LogP contribution is 2.25. The van der Waals surface area contributed by atoms with Crippen LogP contribution >= 0.6 is 11.3 Å². The van der Waals surface area contributed by atoms with Crippen LogP contribution in [0.4, 0.5) is 0 Å². The number of aryl methyl sites for hydroxylation is 1. The van der Waals surface area contributed by atoms with E-state index in [1.807, 2.05) is 31.2 Å². The molecule has 3 aromatic rings. The number of nitrogens with zero attached hydrogens (tertiary/aromatic N) is 3. The Bertz CT molecular complexity index is 1370. The van der Waals surface area contributed by atoms with Gasteiger partial charge in [-0.05, 0) is 51.0 Å². The van der Waals surface area contributed by atoms with Crippen LogP contribution < -0.4 is 4.80 Å². The molecule has 1 aromatic heterocycles. The molecule has 0 N–H and O–H groups in total. The third-order valence-electron chi connectivity index (χ3n) is 5.85. The molecular formula is C24H27N3O5S2. The molecule has 0 saturated carbocycles. The number of amides is 1. The van der Waals surface area contributed by atoms with Crippen molar-refractivity contribution in [3.05, 3.63) is 58.9 Å². The van der Waals surface area contributed by atoms with E-state index in [4.69, 9.17) is 4.74 Å². The average Bonchev–Trinajstić information content (AvgIpc) is 3.16. The van der Waals surface area contributed by atoms with Gasteiger partial charge in [-0.1, -0.05) is 41.2 Å². The van der Waals surface area contributed by atoms with E-state index in [0.29, 0.717) is 17.6 Å². The Morgan fingerprint density at radius 1 is 1.09 bits per heavy atom. The molecule has 0 bridgehead atoms. The lowest BCUT2D eigenvalue weighted by Crippen LogP contribution is -2.40. The zero-order valence-corrected chi connectivity index (χ0v) is 20.8. The van der Waals surface area contributed by atoms with Gasteiger partial charge in [-0.2, -0.15) is 9.30 Å². The molecule has 4 rings (SSSR count). The van der Waals surface area contributed by atoms with E-state index in [9.17, 15) is 18.0 Å². The number of ether oxygens (including phenoxy) is 1. The monoisotopic (exact) mass is 501 g/mol. The maximum absolute atomic E-state index is 13.0. The lowest BCUT2D eigenvalue weighted by Gasteiger charge is -2.29. The number of thiazole rings is 1. The molecule has 2 heterocycles.